The molecule has 17 heavy (non-hydrogen) atoms. The summed E-state index contributed by atoms with van der Waals surface area (Å²) in [6.45, 7) is 5.27. The maximum Gasteiger partial charge on any atom is 0.0592 e. The fourth-order valence-electron chi connectivity index (χ4n) is 1.98. The topological polar surface area (TPSA) is 12.0 Å². The number of hydrogen-bond donors (Lipinski definition) is 1. The van der Waals surface area contributed by atoms with E-state index in [1.54, 1.807) is 11.3 Å². The summed E-state index contributed by atoms with van der Waals surface area (Å²) in [6.07, 6.45) is 0. The van der Waals surface area contributed by atoms with Crippen LogP contribution in [0.15, 0.2) is 35.7 Å². The molecule has 0 saturated heterocycles. The zero-order valence-electron chi connectivity index (χ0n) is 10.0. The number of halogens is 1. The van der Waals surface area contributed by atoms with Gasteiger partial charge in [0.2, 0.25) is 0 Å². The predicted octanol–water partition coefficient (Wildman–Crippen LogP) is 4.74. The Hall–Kier alpha value is -0.830. The zero-order valence-corrected chi connectivity index (χ0v) is 11.6. The zero-order chi connectivity index (χ0) is 12.3. The maximum atomic E-state index is 6.22. The van der Waals surface area contributed by atoms with Crippen molar-refractivity contribution in [1.29, 1.82) is 0 Å². The third kappa shape index (κ3) is 2.71. The lowest BCUT2D eigenvalue weighted by atomic mass is 10.0. The van der Waals surface area contributed by atoms with Gasteiger partial charge in [0.15, 0.2) is 0 Å². The summed E-state index contributed by atoms with van der Waals surface area (Å²) in [5, 5.41) is 6.32. The van der Waals surface area contributed by atoms with Crippen LogP contribution in [0.25, 0.3) is 10.4 Å². The van der Waals surface area contributed by atoms with Crippen LogP contribution < -0.4 is 5.32 Å². The number of rotatable bonds is 4. The molecule has 1 N–H and O–H groups in total. The lowest BCUT2D eigenvalue weighted by Crippen LogP contribution is -2.18. The van der Waals surface area contributed by atoms with Crippen molar-refractivity contribution in [1.82, 2.24) is 5.32 Å². The monoisotopic (exact) mass is 265 g/mol. The smallest absolute Gasteiger partial charge is 0.0592 e. The Morgan fingerprint density at radius 2 is 2.06 bits per heavy atom. The predicted molar refractivity (Wildman–Crippen MR) is 76.9 cm³/mol. The lowest BCUT2D eigenvalue weighted by Gasteiger charge is -2.16. The van der Waals surface area contributed by atoms with E-state index in [-0.39, 0.29) is 0 Å². The molecule has 0 aliphatic carbocycles. The molecule has 2 rings (SSSR count). The summed E-state index contributed by atoms with van der Waals surface area (Å²) in [5.74, 6) is 0. The molecule has 0 aliphatic heterocycles. The normalized spacial score (nSPS) is 12.6. The van der Waals surface area contributed by atoms with Gasteiger partial charge in [-0.05, 0) is 36.0 Å². The van der Waals surface area contributed by atoms with E-state index in [2.05, 4.69) is 43.4 Å². The molecule has 0 spiro atoms. The standard InChI is InChI=1S/C14H16ClNS/c1-3-16-10(2)11-6-4-5-7-12(11)14-13(15)8-9-17-14/h4-10,16H,3H2,1-2H3. The second kappa shape index (κ2) is 5.67. The SMILES string of the molecule is CCNC(C)c1ccccc1-c1sccc1Cl. The molecule has 1 heterocycles. The summed E-state index contributed by atoms with van der Waals surface area (Å²) < 4.78 is 0. The molecule has 1 atom stereocenters. The van der Waals surface area contributed by atoms with Crippen molar-refractivity contribution >= 4 is 22.9 Å². The lowest BCUT2D eigenvalue weighted by molar-refractivity contribution is 0.599. The Bertz CT molecular complexity index is 492. The van der Waals surface area contributed by atoms with Gasteiger partial charge in [-0.3, -0.25) is 0 Å². The van der Waals surface area contributed by atoms with Crippen molar-refractivity contribution < 1.29 is 0 Å². The summed E-state index contributed by atoms with van der Waals surface area (Å²) in [6, 6.07) is 10.7. The van der Waals surface area contributed by atoms with Crippen LogP contribution in [0.5, 0.6) is 0 Å². The van der Waals surface area contributed by atoms with E-state index >= 15 is 0 Å². The molecular formula is C14H16ClNS. The number of hydrogen-bond acceptors (Lipinski definition) is 2. The molecule has 2 aromatic rings. The van der Waals surface area contributed by atoms with E-state index in [0.717, 1.165) is 16.4 Å². The summed E-state index contributed by atoms with van der Waals surface area (Å²) in [5.41, 5.74) is 2.54. The Labute approximate surface area is 111 Å². The second-order valence-electron chi connectivity index (χ2n) is 3.96. The van der Waals surface area contributed by atoms with Gasteiger partial charge in [-0.25, -0.2) is 0 Å². The molecule has 1 unspecified atom stereocenters. The van der Waals surface area contributed by atoms with E-state index in [0.29, 0.717) is 6.04 Å². The molecular weight excluding hydrogens is 250 g/mol. The minimum absolute atomic E-state index is 0.342. The molecule has 0 amide bonds. The van der Waals surface area contributed by atoms with Gasteiger partial charge in [0.05, 0.1) is 9.90 Å². The van der Waals surface area contributed by atoms with Crippen LogP contribution >= 0.6 is 22.9 Å². The van der Waals surface area contributed by atoms with Crippen LogP contribution in [-0.2, 0) is 0 Å². The highest BCUT2D eigenvalue weighted by atomic mass is 35.5. The first-order valence-corrected chi connectivity index (χ1v) is 7.05. The van der Waals surface area contributed by atoms with Gasteiger partial charge in [-0.15, -0.1) is 11.3 Å². The molecule has 1 nitrogen and oxygen atoms in total. The van der Waals surface area contributed by atoms with Crippen molar-refractivity contribution in [3.05, 3.63) is 46.3 Å². The molecule has 0 saturated carbocycles. The molecule has 0 bridgehead atoms. The molecule has 0 aliphatic rings. The van der Waals surface area contributed by atoms with Gasteiger partial charge in [0.25, 0.3) is 0 Å². The van der Waals surface area contributed by atoms with Gasteiger partial charge >= 0.3 is 0 Å². The highest BCUT2D eigenvalue weighted by Gasteiger charge is 2.13. The first-order chi connectivity index (χ1) is 8.24. The quantitative estimate of drug-likeness (QED) is 0.842. The Morgan fingerprint density at radius 3 is 2.71 bits per heavy atom. The highest BCUT2D eigenvalue weighted by molar-refractivity contribution is 7.14. The van der Waals surface area contributed by atoms with E-state index in [1.165, 1.54) is 11.1 Å². The van der Waals surface area contributed by atoms with E-state index in [4.69, 9.17) is 11.6 Å². The second-order valence-corrected chi connectivity index (χ2v) is 5.29. The highest BCUT2D eigenvalue weighted by Crippen LogP contribution is 2.37. The minimum atomic E-state index is 0.342. The first-order valence-electron chi connectivity index (χ1n) is 5.79. The minimum Gasteiger partial charge on any atom is -0.310 e. The van der Waals surface area contributed by atoms with Crippen molar-refractivity contribution in [3.8, 4) is 10.4 Å². The summed E-state index contributed by atoms with van der Waals surface area (Å²) in [7, 11) is 0. The van der Waals surface area contributed by atoms with Crippen LogP contribution in [-0.4, -0.2) is 6.54 Å². The molecule has 1 aromatic heterocycles. The van der Waals surface area contributed by atoms with Gasteiger partial charge < -0.3 is 5.32 Å². The average Bonchev–Trinajstić information content (AvgIpc) is 2.76. The molecule has 0 fully saturated rings. The summed E-state index contributed by atoms with van der Waals surface area (Å²) >= 11 is 7.91. The van der Waals surface area contributed by atoms with Crippen LogP contribution in [0.3, 0.4) is 0 Å². The largest absolute Gasteiger partial charge is 0.310 e. The number of thiophene rings is 1. The molecule has 1 aromatic carbocycles. The van der Waals surface area contributed by atoms with Crippen molar-refractivity contribution in [2.45, 2.75) is 19.9 Å². The van der Waals surface area contributed by atoms with Gasteiger partial charge in [0.1, 0.15) is 0 Å². The van der Waals surface area contributed by atoms with Crippen LogP contribution in [0.1, 0.15) is 25.5 Å². The number of benzene rings is 1. The fraction of sp³-hybridized carbons (Fsp3) is 0.286. The average molecular weight is 266 g/mol. The van der Waals surface area contributed by atoms with E-state index in [1.807, 2.05) is 11.4 Å². The van der Waals surface area contributed by atoms with Gasteiger partial charge in [-0.2, -0.15) is 0 Å². The fourth-order valence-corrected chi connectivity index (χ4v) is 3.19. The Kier molecular flexibility index (Phi) is 4.21. The molecule has 0 radical (unpaired) electrons. The maximum absolute atomic E-state index is 6.22. The molecule has 90 valence electrons. The van der Waals surface area contributed by atoms with Gasteiger partial charge in [-0.1, -0.05) is 42.8 Å². The van der Waals surface area contributed by atoms with Crippen LogP contribution in [0.2, 0.25) is 5.02 Å². The third-order valence-corrected chi connectivity index (χ3v) is 4.17. The van der Waals surface area contributed by atoms with Crippen molar-refractivity contribution in [2.75, 3.05) is 6.54 Å². The van der Waals surface area contributed by atoms with E-state index in [9.17, 15) is 0 Å². The summed E-state index contributed by atoms with van der Waals surface area (Å²) in [4.78, 5) is 1.16. The Morgan fingerprint density at radius 1 is 1.29 bits per heavy atom. The van der Waals surface area contributed by atoms with E-state index < -0.39 is 0 Å². The van der Waals surface area contributed by atoms with Crippen molar-refractivity contribution in [3.63, 3.8) is 0 Å². The molecule has 3 heteroatoms. The number of nitrogens with one attached hydrogen (secondary N) is 1. The third-order valence-electron chi connectivity index (χ3n) is 2.80. The van der Waals surface area contributed by atoms with Gasteiger partial charge in [0, 0.05) is 6.04 Å². The van der Waals surface area contributed by atoms with Crippen LogP contribution in [0, 0.1) is 0 Å². The Balaban J connectivity index is 2.44. The van der Waals surface area contributed by atoms with Crippen molar-refractivity contribution in [2.24, 2.45) is 0 Å². The first kappa shape index (κ1) is 12.6. The van der Waals surface area contributed by atoms with Crippen LogP contribution in [0.4, 0.5) is 0 Å².